The molecule has 9 heteroatoms. The zero-order valence-electron chi connectivity index (χ0n) is 12.4. The maximum atomic E-state index is 13.4. The quantitative estimate of drug-likeness (QED) is 0.698. The molecule has 0 spiro atoms. The lowest BCUT2D eigenvalue weighted by atomic mass is 10.2. The standard InChI is InChI=1S/C15H12FN3O3S2/c1-9-2-5-11(6-3-9)24(21,22)18-19-14(20)12-8-10(16)4-7-13(12)17-15(19)23/h2-8,18H,1H3,(H,17,23). The fraction of sp³-hybridized carbons (Fsp3) is 0.0667. The first-order valence-electron chi connectivity index (χ1n) is 6.82. The van der Waals surface area contributed by atoms with E-state index in [1.807, 2.05) is 6.92 Å². The normalized spacial score (nSPS) is 11.6. The van der Waals surface area contributed by atoms with E-state index in [0.717, 1.165) is 11.6 Å². The second kappa shape index (κ2) is 5.84. The van der Waals surface area contributed by atoms with E-state index in [1.165, 1.54) is 24.3 Å². The van der Waals surface area contributed by atoms with Crippen molar-refractivity contribution < 1.29 is 12.8 Å². The number of nitrogens with one attached hydrogen (secondary N) is 2. The van der Waals surface area contributed by atoms with Crippen molar-refractivity contribution in [3.8, 4) is 0 Å². The summed E-state index contributed by atoms with van der Waals surface area (Å²) in [4.78, 5) is 17.2. The van der Waals surface area contributed by atoms with Crippen LogP contribution < -0.4 is 10.4 Å². The molecule has 0 radical (unpaired) electrons. The molecule has 0 aliphatic rings. The Balaban J connectivity index is 2.15. The fourth-order valence-corrected chi connectivity index (χ4v) is 3.47. The number of aromatic nitrogens is 2. The van der Waals surface area contributed by atoms with Gasteiger partial charge in [-0.2, -0.15) is 13.1 Å². The van der Waals surface area contributed by atoms with Gasteiger partial charge in [-0.1, -0.05) is 17.7 Å². The van der Waals surface area contributed by atoms with Gasteiger partial charge in [-0.05, 0) is 49.5 Å². The van der Waals surface area contributed by atoms with Gasteiger partial charge in [0.2, 0.25) is 4.77 Å². The molecule has 0 unspecified atom stereocenters. The Morgan fingerprint density at radius 1 is 1.17 bits per heavy atom. The number of hydrogen-bond donors (Lipinski definition) is 2. The monoisotopic (exact) mass is 365 g/mol. The molecule has 0 saturated heterocycles. The molecule has 0 atom stereocenters. The molecular formula is C15H12FN3O3S2. The molecule has 3 aromatic rings. The average Bonchev–Trinajstić information content (AvgIpc) is 2.53. The highest BCUT2D eigenvalue weighted by Gasteiger charge is 2.16. The summed E-state index contributed by atoms with van der Waals surface area (Å²) < 4.78 is 38.7. The van der Waals surface area contributed by atoms with E-state index in [4.69, 9.17) is 12.2 Å². The minimum absolute atomic E-state index is 0.0183. The van der Waals surface area contributed by atoms with Gasteiger partial charge in [0.25, 0.3) is 15.6 Å². The number of hydrogen-bond acceptors (Lipinski definition) is 4. The lowest BCUT2D eigenvalue weighted by Crippen LogP contribution is -2.34. The van der Waals surface area contributed by atoms with Gasteiger partial charge < -0.3 is 4.98 Å². The highest BCUT2D eigenvalue weighted by molar-refractivity contribution is 7.92. The van der Waals surface area contributed by atoms with Crippen LogP contribution in [-0.4, -0.2) is 18.1 Å². The molecule has 2 aromatic carbocycles. The van der Waals surface area contributed by atoms with Gasteiger partial charge in [-0.25, -0.2) is 9.22 Å². The van der Waals surface area contributed by atoms with Crippen LogP contribution in [0.2, 0.25) is 0 Å². The first-order valence-corrected chi connectivity index (χ1v) is 8.71. The molecule has 0 fully saturated rings. The van der Waals surface area contributed by atoms with Gasteiger partial charge in [0.05, 0.1) is 15.8 Å². The topological polar surface area (TPSA) is 84.0 Å². The van der Waals surface area contributed by atoms with Crippen LogP contribution in [0.15, 0.2) is 52.2 Å². The van der Waals surface area contributed by atoms with Gasteiger partial charge >= 0.3 is 0 Å². The highest BCUT2D eigenvalue weighted by atomic mass is 32.2. The Bertz CT molecular complexity index is 1150. The summed E-state index contributed by atoms with van der Waals surface area (Å²) in [5, 5.41) is -0.0183. The number of nitrogens with zero attached hydrogens (tertiary/aromatic N) is 1. The van der Waals surface area contributed by atoms with Crippen molar-refractivity contribution in [1.29, 1.82) is 0 Å². The molecule has 0 bridgehead atoms. The average molecular weight is 365 g/mol. The molecule has 6 nitrogen and oxygen atoms in total. The van der Waals surface area contributed by atoms with Crippen LogP contribution in [0.5, 0.6) is 0 Å². The largest absolute Gasteiger partial charge is 0.330 e. The summed E-state index contributed by atoms with van der Waals surface area (Å²) in [5.41, 5.74) is 0.450. The molecule has 3 rings (SSSR count). The SMILES string of the molecule is Cc1ccc(S(=O)(=O)Nn2c(=S)[nH]c3ccc(F)cc3c2=O)cc1. The van der Waals surface area contributed by atoms with Crippen molar-refractivity contribution in [2.24, 2.45) is 0 Å². The second-order valence-electron chi connectivity index (χ2n) is 5.17. The molecule has 0 aliphatic carbocycles. The van der Waals surface area contributed by atoms with Gasteiger partial charge in [-0.3, -0.25) is 4.79 Å². The first kappa shape index (κ1) is 16.3. The van der Waals surface area contributed by atoms with Crippen LogP contribution in [0.1, 0.15) is 5.56 Å². The molecule has 0 aliphatic heterocycles. The van der Waals surface area contributed by atoms with Crippen molar-refractivity contribution in [1.82, 2.24) is 9.66 Å². The fourth-order valence-electron chi connectivity index (χ4n) is 2.16. The van der Waals surface area contributed by atoms with Crippen LogP contribution in [0.4, 0.5) is 4.39 Å². The molecule has 0 saturated carbocycles. The Hall–Kier alpha value is -2.52. The van der Waals surface area contributed by atoms with Crippen LogP contribution in [-0.2, 0) is 10.0 Å². The lowest BCUT2D eigenvalue weighted by molar-refractivity contribution is 0.593. The number of H-pyrrole nitrogens is 1. The van der Waals surface area contributed by atoms with E-state index in [-0.39, 0.29) is 15.1 Å². The molecular weight excluding hydrogens is 353 g/mol. The summed E-state index contributed by atoms with van der Waals surface area (Å²) in [6.07, 6.45) is 0. The molecule has 1 heterocycles. The van der Waals surface area contributed by atoms with E-state index < -0.39 is 21.4 Å². The number of halogens is 1. The van der Waals surface area contributed by atoms with Crippen molar-refractivity contribution in [3.05, 3.63) is 69.0 Å². The molecule has 1 aromatic heterocycles. The van der Waals surface area contributed by atoms with Crippen molar-refractivity contribution >= 4 is 33.1 Å². The number of benzene rings is 2. The zero-order valence-corrected chi connectivity index (χ0v) is 14.0. The minimum Gasteiger partial charge on any atom is -0.330 e. The third kappa shape index (κ3) is 2.95. The van der Waals surface area contributed by atoms with E-state index in [2.05, 4.69) is 9.82 Å². The summed E-state index contributed by atoms with van der Waals surface area (Å²) in [7, 11) is -4.02. The maximum Gasteiger partial charge on any atom is 0.281 e. The number of aromatic amines is 1. The lowest BCUT2D eigenvalue weighted by Gasteiger charge is -2.11. The van der Waals surface area contributed by atoms with Crippen LogP contribution in [0.3, 0.4) is 0 Å². The van der Waals surface area contributed by atoms with Crippen LogP contribution in [0, 0.1) is 17.5 Å². The summed E-state index contributed by atoms with van der Waals surface area (Å²) >= 11 is 5.03. The van der Waals surface area contributed by atoms with E-state index in [9.17, 15) is 17.6 Å². The van der Waals surface area contributed by atoms with E-state index in [0.29, 0.717) is 10.2 Å². The minimum atomic E-state index is -4.02. The Kier molecular flexibility index (Phi) is 3.98. The summed E-state index contributed by atoms with van der Waals surface area (Å²) in [6.45, 7) is 1.82. The third-order valence-corrected chi connectivity index (χ3v) is 5.00. The third-order valence-electron chi connectivity index (χ3n) is 3.40. The van der Waals surface area contributed by atoms with E-state index in [1.54, 1.807) is 12.1 Å². The summed E-state index contributed by atoms with van der Waals surface area (Å²) in [6, 6.07) is 9.64. The Morgan fingerprint density at radius 2 is 1.83 bits per heavy atom. The predicted octanol–water partition coefficient (Wildman–Crippen LogP) is 2.44. The van der Waals surface area contributed by atoms with Gasteiger partial charge in [0.1, 0.15) is 5.82 Å². The first-order chi connectivity index (χ1) is 11.3. The van der Waals surface area contributed by atoms with Crippen molar-refractivity contribution in [2.75, 3.05) is 4.83 Å². The molecule has 124 valence electrons. The van der Waals surface area contributed by atoms with E-state index >= 15 is 0 Å². The van der Waals surface area contributed by atoms with Crippen molar-refractivity contribution in [3.63, 3.8) is 0 Å². The number of rotatable bonds is 3. The smallest absolute Gasteiger partial charge is 0.281 e. The van der Waals surface area contributed by atoms with Crippen LogP contribution >= 0.6 is 12.2 Å². The number of aryl methyl sites for hydroxylation is 1. The molecule has 2 N–H and O–H groups in total. The number of sulfonamides is 1. The van der Waals surface area contributed by atoms with Gasteiger partial charge in [-0.15, -0.1) is 0 Å². The molecule has 0 amide bonds. The predicted molar refractivity (Wildman–Crippen MR) is 91.1 cm³/mol. The van der Waals surface area contributed by atoms with Gasteiger partial charge in [0, 0.05) is 0 Å². The highest BCUT2D eigenvalue weighted by Crippen LogP contribution is 2.12. The number of fused-ring (bicyclic) bond motifs is 1. The second-order valence-corrected chi connectivity index (χ2v) is 7.22. The zero-order chi connectivity index (χ0) is 17.5. The maximum absolute atomic E-state index is 13.4. The van der Waals surface area contributed by atoms with Crippen LogP contribution in [0.25, 0.3) is 10.9 Å². The summed E-state index contributed by atoms with van der Waals surface area (Å²) in [5.74, 6) is -0.613. The van der Waals surface area contributed by atoms with Gasteiger partial charge in [0.15, 0.2) is 0 Å². The Morgan fingerprint density at radius 3 is 2.50 bits per heavy atom. The van der Waals surface area contributed by atoms with Crippen molar-refractivity contribution in [2.45, 2.75) is 11.8 Å². The molecule has 24 heavy (non-hydrogen) atoms. The Labute approximate surface area is 141 Å².